The van der Waals surface area contributed by atoms with E-state index in [1.54, 1.807) is 30.3 Å². The molecule has 0 atom stereocenters. The van der Waals surface area contributed by atoms with Crippen molar-refractivity contribution in [2.75, 3.05) is 5.32 Å². The number of sulfonamides is 1. The Balaban J connectivity index is 1.25. The fraction of sp³-hybridized carbons (Fsp3) is 0.194. The first-order valence-electron chi connectivity index (χ1n) is 13.2. The molecule has 1 saturated carbocycles. The highest BCUT2D eigenvalue weighted by atomic mass is 32.2. The number of hydrogen-bond donors (Lipinski definition) is 2. The van der Waals surface area contributed by atoms with Crippen LogP contribution in [-0.2, 0) is 16.6 Å². The molecule has 3 aromatic carbocycles. The number of carbonyl (C=O) groups excluding carboxylic acids is 1. The number of nitrogens with zero attached hydrogens (tertiary/aromatic N) is 3. The van der Waals surface area contributed by atoms with E-state index in [9.17, 15) is 13.2 Å². The van der Waals surface area contributed by atoms with Gasteiger partial charge in [0.15, 0.2) is 5.65 Å². The second kappa shape index (κ2) is 10.2. The number of amides is 2. The van der Waals surface area contributed by atoms with Crippen LogP contribution in [0.25, 0.3) is 22.3 Å². The van der Waals surface area contributed by atoms with Gasteiger partial charge in [-0.15, -0.1) is 0 Å². The molecule has 5 aromatic rings. The van der Waals surface area contributed by atoms with Gasteiger partial charge < -0.3 is 9.88 Å². The number of urea groups is 1. The monoisotopic (exact) mass is 551 g/mol. The maximum absolute atomic E-state index is 13.3. The SMILES string of the molecule is Cc1ccccc1NC(=O)NS(=O)(=O)c1ccccc1-c1ccc(Cn2c(C3CC3)nc3c(C)ccnc32)cc1. The summed E-state index contributed by atoms with van der Waals surface area (Å²) in [4.78, 5) is 22.1. The fourth-order valence-electron chi connectivity index (χ4n) is 4.91. The molecule has 2 N–H and O–H groups in total. The number of aryl methyl sites for hydroxylation is 2. The highest BCUT2D eigenvalue weighted by molar-refractivity contribution is 7.90. The minimum absolute atomic E-state index is 0.0268. The summed E-state index contributed by atoms with van der Waals surface area (Å²) >= 11 is 0. The first kappa shape index (κ1) is 25.8. The third kappa shape index (κ3) is 5.08. The second-order valence-corrected chi connectivity index (χ2v) is 11.8. The third-order valence-corrected chi connectivity index (χ3v) is 8.60. The van der Waals surface area contributed by atoms with E-state index in [1.165, 1.54) is 6.07 Å². The Kier molecular flexibility index (Phi) is 6.59. The van der Waals surface area contributed by atoms with Crippen LogP contribution in [0.1, 0.15) is 41.3 Å². The summed E-state index contributed by atoms with van der Waals surface area (Å²) in [5.74, 6) is 1.55. The Bertz CT molecular complexity index is 1840. The first-order valence-corrected chi connectivity index (χ1v) is 14.7. The molecule has 2 amide bonds. The minimum atomic E-state index is -4.14. The molecule has 0 bridgehead atoms. The molecule has 202 valence electrons. The molecule has 1 fully saturated rings. The lowest BCUT2D eigenvalue weighted by atomic mass is 10.0. The number of benzene rings is 3. The largest absolute Gasteiger partial charge is 0.333 e. The molecular formula is C31H29N5O3S. The minimum Gasteiger partial charge on any atom is -0.308 e. The summed E-state index contributed by atoms with van der Waals surface area (Å²) in [5.41, 5.74) is 6.61. The summed E-state index contributed by atoms with van der Waals surface area (Å²) < 4.78 is 30.9. The molecule has 9 heteroatoms. The van der Waals surface area contributed by atoms with Crippen molar-refractivity contribution in [2.45, 2.75) is 44.0 Å². The van der Waals surface area contributed by atoms with Gasteiger partial charge in [0, 0.05) is 23.4 Å². The van der Waals surface area contributed by atoms with Crippen LogP contribution in [0.15, 0.2) is 90.0 Å². The number of fused-ring (bicyclic) bond motifs is 1. The van der Waals surface area contributed by atoms with Gasteiger partial charge in [0.2, 0.25) is 0 Å². The van der Waals surface area contributed by atoms with Crippen molar-refractivity contribution in [1.29, 1.82) is 0 Å². The molecule has 0 aliphatic heterocycles. The number of aromatic nitrogens is 3. The number of para-hydroxylation sites is 1. The number of imidazole rings is 1. The maximum Gasteiger partial charge on any atom is 0.333 e. The van der Waals surface area contributed by atoms with E-state index in [0.29, 0.717) is 23.7 Å². The zero-order valence-electron chi connectivity index (χ0n) is 22.3. The molecule has 0 spiro atoms. The molecule has 0 radical (unpaired) electrons. The maximum atomic E-state index is 13.3. The average Bonchev–Trinajstić information content (AvgIpc) is 3.72. The number of nitrogens with one attached hydrogen (secondary N) is 2. The molecule has 8 nitrogen and oxygen atoms in total. The molecule has 1 aliphatic carbocycles. The Morgan fingerprint density at radius 1 is 0.925 bits per heavy atom. The van der Waals surface area contributed by atoms with Crippen molar-refractivity contribution < 1.29 is 13.2 Å². The number of anilines is 1. The van der Waals surface area contributed by atoms with Gasteiger partial charge in [-0.3, -0.25) is 0 Å². The highest BCUT2D eigenvalue weighted by Crippen LogP contribution is 2.41. The van der Waals surface area contributed by atoms with E-state index >= 15 is 0 Å². The van der Waals surface area contributed by atoms with Crippen LogP contribution in [0.5, 0.6) is 0 Å². The van der Waals surface area contributed by atoms with Gasteiger partial charge in [0.25, 0.3) is 10.0 Å². The number of rotatable bonds is 7. The quantitative estimate of drug-likeness (QED) is 0.252. The number of carbonyl (C=O) groups is 1. The van der Waals surface area contributed by atoms with E-state index in [1.807, 2.05) is 55.6 Å². The Morgan fingerprint density at radius 2 is 1.65 bits per heavy atom. The summed E-state index contributed by atoms with van der Waals surface area (Å²) in [5, 5.41) is 2.61. The van der Waals surface area contributed by atoms with Gasteiger partial charge in [0.05, 0.1) is 11.4 Å². The van der Waals surface area contributed by atoms with Crippen molar-refractivity contribution in [3.05, 3.63) is 108 Å². The lowest BCUT2D eigenvalue weighted by molar-refractivity contribution is 0.256. The van der Waals surface area contributed by atoms with Gasteiger partial charge in [-0.25, -0.2) is 27.9 Å². The zero-order valence-corrected chi connectivity index (χ0v) is 23.1. The molecule has 1 aliphatic rings. The van der Waals surface area contributed by atoms with Crippen LogP contribution in [0.3, 0.4) is 0 Å². The Morgan fingerprint density at radius 3 is 2.40 bits per heavy atom. The zero-order chi connectivity index (χ0) is 27.9. The van der Waals surface area contributed by atoms with Crippen molar-refractivity contribution in [1.82, 2.24) is 19.3 Å². The van der Waals surface area contributed by atoms with Gasteiger partial charge in [-0.2, -0.15) is 0 Å². The number of hydrogen-bond acceptors (Lipinski definition) is 5. The van der Waals surface area contributed by atoms with E-state index in [0.717, 1.165) is 52.1 Å². The first-order chi connectivity index (χ1) is 19.3. The van der Waals surface area contributed by atoms with Crippen LogP contribution in [0.4, 0.5) is 10.5 Å². The molecule has 2 aromatic heterocycles. The number of pyridine rings is 1. The van der Waals surface area contributed by atoms with Crippen LogP contribution in [0.2, 0.25) is 0 Å². The van der Waals surface area contributed by atoms with Gasteiger partial charge >= 0.3 is 6.03 Å². The van der Waals surface area contributed by atoms with E-state index in [2.05, 4.69) is 26.5 Å². The summed E-state index contributed by atoms with van der Waals surface area (Å²) in [6.45, 7) is 4.52. The van der Waals surface area contributed by atoms with Gasteiger partial charge in [-0.05, 0) is 67.1 Å². The van der Waals surface area contributed by atoms with Gasteiger partial charge in [0.1, 0.15) is 11.3 Å². The second-order valence-electron chi connectivity index (χ2n) is 10.2. The van der Waals surface area contributed by atoms with Crippen LogP contribution in [0, 0.1) is 13.8 Å². The lowest BCUT2D eigenvalue weighted by Crippen LogP contribution is -2.34. The Hall–Kier alpha value is -4.50. The Labute approximate surface area is 233 Å². The normalized spacial score (nSPS) is 13.3. The average molecular weight is 552 g/mol. The van der Waals surface area contributed by atoms with E-state index in [4.69, 9.17) is 4.98 Å². The van der Waals surface area contributed by atoms with Crippen molar-refractivity contribution >= 4 is 32.9 Å². The lowest BCUT2D eigenvalue weighted by Gasteiger charge is -2.14. The third-order valence-electron chi connectivity index (χ3n) is 7.21. The molecule has 2 heterocycles. The van der Waals surface area contributed by atoms with Crippen molar-refractivity contribution in [3.8, 4) is 11.1 Å². The van der Waals surface area contributed by atoms with E-state index in [-0.39, 0.29) is 4.90 Å². The van der Waals surface area contributed by atoms with Crippen LogP contribution >= 0.6 is 0 Å². The molecule has 6 rings (SSSR count). The van der Waals surface area contributed by atoms with Crippen LogP contribution in [-0.4, -0.2) is 29.0 Å². The van der Waals surface area contributed by atoms with E-state index < -0.39 is 16.1 Å². The fourth-order valence-corrected chi connectivity index (χ4v) is 6.05. The summed E-state index contributed by atoms with van der Waals surface area (Å²) in [6, 6.07) is 22.8. The summed E-state index contributed by atoms with van der Waals surface area (Å²) in [6.07, 6.45) is 4.11. The highest BCUT2D eigenvalue weighted by Gasteiger charge is 2.30. The van der Waals surface area contributed by atoms with Crippen LogP contribution < -0.4 is 10.0 Å². The smallest absolute Gasteiger partial charge is 0.308 e. The standard InChI is InChI=1S/C31H29N5O3S/c1-20-7-3-5-9-26(20)33-31(37)35-40(38,39)27-10-6-4-8-25(27)23-13-11-22(12-14-23)19-36-29(24-15-16-24)34-28-21(2)17-18-32-30(28)36/h3-14,17-18,24H,15-16,19H2,1-2H3,(H2,33,35,37). The predicted octanol–water partition coefficient (Wildman–Crippen LogP) is 6.15. The molecular weight excluding hydrogens is 522 g/mol. The summed E-state index contributed by atoms with van der Waals surface area (Å²) in [7, 11) is -4.14. The van der Waals surface area contributed by atoms with Gasteiger partial charge in [-0.1, -0.05) is 60.7 Å². The molecule has 0 unspecified atom stereocenters. The topological polar surface area (TPSA) is 106 Å². The predicted molar refractivity (Wildman–Crippen MR) is 156 cm³/mol. The van der Waals surface area contributed by atoms with Crippen molar-refractivity contribution in [3.63, 3.8) is 0 Å². The van der Waals surface area contributed by atoms with Crippen molar-refractivity contribution in [2.24, 2.45) is 0 Å². The molecule has 40 heavy (non-hydrogen) atoms. The molecule has 0 saturated heterocycles.